The van der Waals surface area contributed by atoms with Crippen molar-refractivity contribution in [3.63, 3.8) is 0 Å². The Morgan fingerprint density at radius 1 is 1.20 bits per heavy atom. The van der Waals surface area contributed by atoms with Crippen molar-refractivity contribution < 1.29 is 32.7 Å². The molecule has 1 aliphatic rings. The third kappa shape index (κ3) is 6.50. The topological polar surface area (TPSA) is 96.0 Å². The molecule has 1 heterocycles. The van der Waals surface area contributed by atoms with Crippen molar-refractivity contribution in [1.82, 2.24) is 15.1 Å². The van der Waals surface area contributed by atoms with Gasteiger partial charge in [-0.3, -0.25) is 19.2 Å². The molecule has 3 amide bonds. The van der Waals surface area contributed by atoms with Gasteiger partial charge in [0.25, 0.3) is 5.91 Å². The van der Waals surface area contributed by atoms with Gasteiger partial charge >= 0.3 is 5.97 Å². The van der Waals surface area contributed by atoms with E-state index in [1.807, 2.05) is 0 Å². The van der Waals surface area contributed by atoms with Crippen LogP contribution in [-0.4, -0.2) is 73.3 Å². The summed E-state index contributed by atoms with van der Waals surface area (Å²) >= 11 is 0. The van der Waals surface area contributed by atoms with Gasteiger partial charge in [-0.1, -0.05) is 0 Å². The minimum Gasteiger partial charge on any atom is -0.466 e. The molecule has 0 spiro atoms. The molecule has 1 aliphatic heterocycles. The Morgan fingerprint density at radius 3 is 2.50 bits per heavy atom. The normalized spacial score (nSPS) is 16.0. The van der Waals surface area contributed by atoms with Crippen LogP contribution in [0.5, 0.6) is 0 Å². The molecule has 1 aromatic carbocycles. The van der Waals surface area contributed by atoms with E-state index >= 15 is 0 Å². The number of amides is 3. The van der Waals surface area contributed by atoms with Crippen LogP contribution >= 0.6 is 0 Å². The number of nitrogens with one attached hydrogen (secondary N) is 1. The van der Waals surface area contributed by atoms with Crippen molar-refractivity contribution in [3.05, 3.63) is 35.4 Å². The monoisotopic (exact) mass is 425 g/mol. The van der Waals surface area contributed by atoms with Gasteiger partial charge in [0.15, 0.2) is 0 Å². The van der Waals surface area contributed by atoms with Crippen molar-refractivity contribution in [2.24, 2.45) is 5.92 Å². The van der Waals surface area contributed by atoms with Crippen LogP contribution in [0.4, 0.5) is 8.78 Å². The maximum absolute atomic E-state index is 13.2. The lowest BCUT2D eigenvalue weighted by Gasteiger charge is -2.32. The first-order chi connectivity index (χ1) is 14.2. The van der Waals surface area contributed by atoms with Crippen molar-refractivity contribution >= 4 is 23.7 Å². The summed E-state index contributed by atoms with van der Waals surface area (Å²) in [6.07, 6.45) is 1.30. The van der Waals surface area contributed by atoms with Crippen LogP contribution in [-0.2, 0) is 19.1 Å². The third-order valence-electron chi connectivity index (χ3n) is 4.72. The van der Waals surface area contributed by atoms with E-state index in [2.05, 4.69) is 5.32 Å². The second kappa shape index (κ2) is 10.7. The highest BCUT2D eigenvalue weighted by Gasteiger charge is 2.30. The largest absolute Gasteiger partial charge is 0.466 e. The van der Waals surface area contributed by atoms with E-state index in [0.717, 1.165) is 17.0 Å². The number of carbonyl (C=O) groups excluding carboxylic acids is 4. The second-order valence-corrected chi connectivity index (χ2v) is 7.02. The zero-order valence-corrected chi connectivity index (χ0v) is 17.0. The van der Waals surface area contributed by atoms with E-state index < -0.39 is 30.0 Å². The molecule has 1 unspecified atom stereocenters. The van der Waals surface area contributed by atoms with Gasteiger partial charge in [-0.05, 0) is 31.9 Å². The van der Waals surface area contributed by atoms with Gasteiger partial charge in [-0.15, -0.1) is 0 Å². The standard InChI is InChI=1S/C20H25F2N3O5/c1-3-30-20(29)13-5-4-6-25(11-13)18(27)12-24(2)17(26)10-23-19(28)14-7-15(21)9-16(22)8-14/h7-9,13H,3-6,10-12H2,1-2H3,(H,23,28). The van der Waals surface area contributed by atoms with Gasteiger partial charge in [0, 0.05) is 31.8 Å². The molecule has 0 radical (unpaired) electrons. The molecule has 1 aromatic rings. The Hall–Kier alpha value is -3.04. The summed E-state index contributed by atoms with van der Waals surface area (Å²) in [5.41, 5.74) is -0.252. The minimum atomic E-state index is -0.906. The van der Waals surface area contributed by atoms with E-state index in [1.165, 1.54) is 11.9 Å². The lowest BCUT2D eigenvalue weighted by atomic mass is 9.98. The van der Waals surface area contributed by atoms with Gasteiger partial charge in [-0.25, -0.2) is 8.78 Å². The first kappa shape index (κ1) is 23.2. The van der Waals surface area contributed by atoms with Crippen LogP contribution in [0.3, 0.4) is 0 Å². The Balaban J connectivity index is 1.83. The van der Waals surface area contributed by atoms with Gasteiger partial charge in [0.1, 0.15) is 11.6 Å². The van der Waals surface area contributed by atoms with Crippen LogP contribution in [0.2, 0.25) is 0 Å². The molecule has 8 nitrogen and oxygen atoms in total. The van der Waals surface area contributed by atoms with Gasteiger partial charge in [-0.2, -0.15) is 0 Å². The highest BCUT2D eigenvalue weighted by atomic mass is 19.1. The van der Waals surface area contributed by atoms with Gasteiger partial charge in [0.05, 0.1) is 25.6 Å². The molecule has 10 heteroatoms. The average molecular weight is 425 g/mol. The van der Waals surface area contributed by atoms with Crippen LogP contribution < -0.4 is 5.32 Å². The SMILES string of the molecule is CCOC(=O)C1CCCN(C(=O)CN(C)C(=O)CNC(=O)c2cc(F)cc(F)c2)C1. The van der Waals surface area contributed by atoms with Crippen molar-refractivity contribution in [1.29, 1.82) is 0 Å². The van der Waals surface area contributed by atoms with Crippen LogP contribution in [0.15, 0.2) is 18.2 Å². The summed E-state index contributed by atoms with van der Waals surface area (Å²) in [5.74, 6) is -4.21. The number of piperidine rings is 1. The second-order valence-electron chi connectivity index (χ2n) is 7.02. The summed E-state index contributed by atoms with van der Waals surface area (Å²) in [5, 5.41) is 2.27. The number of esters is 1. The zero-order chi connectivity index (χ0) is 22.3. The summed E-state index contributed by atoms with van der Waals surface area (Å²) in [4.78, 5) is 51.2. The number of rotatable bonds is 7. The van der Waals surface area contributed by atoms with E-state index in [-0.39, 0.29) is 43.1 Å². The number of likely N-dealkylation sites (tertiary alicyclic amines) is 1. The molecule has 2 rings (SSSR count). The van der Waals surface area contributed by atoms with E-state index in [1.54, 1.807) is 6.92 Å². The zero-order valence-electron chi connectivity index (χ0n) is 17.0. The number of nitrogens with zero attached hydrogens (tertiary/aromatic N) is 2. The quantitative estimate of drug-likeness (QED) is 0.657. The molecule has 0 saturated carbocycles. The predicted molar refractivity (Wildman–Crippen MR) is 102 cm³/mol. The minimum absolute atomic E-state index is 0.223. The lowest BCUT2D eigenvalue weighted by Crippen LogP contribution is -2.48. The Morgan fingerprint density at radius 2 is 1.87 bits per heavy atom. The van der Waals surface area contributed by atoms with Crippen molar-refractivity contribution in [2.45, 2.75) is 19.8 Å². The molecule has 1 atom stereocenters. The maximum Gasteiger partial charge on any atom is 0.310 e. The molecular weight excluding hydrogens is 400 g/mol. The fraction of sp³-hybridized carbons (Fsp3) is 0.500. The smallest absolute Gasteiger partial charge is 0.310 e. The summed E-state index contributed by atoms with van der Waals surface area (Å²) in [6.45, 7) is 2.05. The maximum atomic E-state index is 13.2. The molecular formula is C20H25F2N3O5. The number of carbonyl (C=O) groups is 4. The Bertz CT molecular complexity index is 797. The predicted octanol–water partition coefficient (Wildman–Crippen LogP) is 0.955. The van der Waals surface area contributed by atoms with E-state index in [0.29, 0.717) is 25.5 Å². The number of benzene rings is 1. The van der Waals surface area contributed by atoms with Crippen LogP contribution in [0.25, 0.3) is 0 Å². The van der Waals surface area contributed by atoms with Gasteiger partial charge in [0.2, 0.25) is 11.8 Å². The first-order valence-electron chi connectivity index (χ1n) is 9.64. The number of halogens is 2. The highest BCUT2D eigenvalue weighted by Crippen LogP contribution is 2.18. The number of likely N-dealkylation sites (N-methyl/N-ethyl adjacent to an activating group) is 1. The van der Waals surface area contributed by atoms with Crippen molar-refractivity contribution in [3.8, 4) is 0 Å². The third-order valence-corrected chi connectivity index (χ3v) is 4.72. The molecule has 1 N–H and O–H groups in total. The molecule has 0 bridgehead atoms. The summed E-state index contributed by atoms with van der Waals surface area (Å²) < 4.78 is 31.4. The molecule has 0 aromatic heterocycles. The Kier molecular flexibility index (Phi) is 8.25. The van der Waals surface area contributed by atoms with E-state index in [9.17, 15) is 28.0 Å². The highest BCUT2D eigenvalue weighted by molar-refractivity contribution is 5.96. The van der Waals surface area contributed by atoms with E-state index in [4.69, 9.17) is 4.74 Å². The molecule has 164 valence electrons. The van der Waals surface area contributed by atoms with Crippen LogP contribution in [0, 0.1) is 17.6 Å². The molecule has 0 aliphatic carbocycles. The number of ether oxygens (including phenoxy) is 1. The fourth-order valence-corrected chi connectivity index (χ4v) is 3.13. The average Bonchev–Trinajstić information content (AvgIpc) is 2.71. The molecule has 1 saturated heterocycles. The lowest BCUT2D eigenvalue weighted by molar-refractivity contribution is -0.152. The first-order valence-corrected chi connectivity index (χ1v) is 9.64. The molecule has 1 fully saturated rings. The number of hydrogen-bond acceptors (Lipinski definition) is 5. The fourth-order valence-electron chi connectivity index (χ4n) is 3.13. The summed E-state index contributed by atoms with van der Waals surface area (Å²) in [6, 6.07) is 2.34. The van der Waals surface area contributed by atoms with Crippen molar-refractivity contribution in [2.75, 3.05) is 39.8 Å². The Labute approximate surface area is 173 Å². The molecule has 30 heavy (non-hydrogen) atoms. The number of hydrogen-bond donors (Lipinski definition) is 1. The van der Waals surface area contributed by atoms with Gasteiger partial charge < -0.3 is 19.9 Å². The summed E-state index contributed by atoms with van der Waals surface area (Å²) in [7, 11) is 1.40. The van der Waals surface area contributed by atoms with Crippen LogP contribution in [0.1, 0.15) is 30.1 Å².